The lowest BCUT2D eigenvalue weighted by Gasteiger charge is -2.42. The van der Waals surface area contributed by atoms with Crippen molar-refractivity contribution in [3.05, 3.63) is 18.0 Å². The third-order valence-electron chi connectivity index (χ3n) is 6.66. The molecule has 6 heteroatoms. The van der Waals surface area contributed by atoms with Crippen molar-refractivity contribution in [2.45, 2.75) is 65.2 Å². The van der Waals surface area contributed by atoms with Crippen LogP contribution in [-0.2, 0) is 6.54 Å². The van der Waals surface area contributed by atoms with Crippen molar-refractivity contribution in [2.75, 3.05) is 50.7 Å². The molecule has 4 heterocycles. The van der Waals surface area contributed by atoms with E-state index in [0.717, 1.165) is 44.6 Å². The number of nitrogens with zero attached hydrogens (tertiary/aromatic N) is 6. The van der Waals surface area contributed by atoms with Crippen LogP contribution < -0.4 is 4.90 Å². The van der Waals surface area contributed by atoms with E-state index in [4.69, 9.17) is 9.97 Å². The standard InChI is InChI=1S/C22H38N6/c1-17(2)13-25-7-9-26(10-8-25)14-19-11-23-22(24-12-19)28-20-5-6-21(28)16-27(15-20)18(3)4/h11-12,17-18,20-21H,5-10,13-16H2,1-4H3. The van der Waals surface area contributed by atoms with Crippen LogP contribution in [0.2, 0.25) is 0 Å². The normalized spacial score (nSPS) is 27.3. The Morgan fingerprint density at radius 1 is 0.893 bits per heavy atom. The summed E-state index contributed by atoms with van der Waals surface area (Å²) >= 11 is 0. The molecule has 28 heavy (non-hydrogen) atoms. The first kappa shape index (κ1) is 20.0. The van der Waals surface area contributed by atoms with Gasteiger partial charge in [0.2, 0.25) is 5.95 Å². The zero-order chi connectivity index (χ0) is 19.7. The van der Waals surface area contributed by atoms with Gasteiger partial charge in [-0.1, -0.05) is 13.8 Å². The Bertz CT molecular complexity index is 608. The average molecular weight is 387 g/mol. The van der Waals surface area contributed by atoms with E-state index in [0.29, 0.717) is 18.1 Å². The molecule has 0 N–H and O–H groups in total. The van der Waals surface area contributed by atoms with Crippen LogP contribution in [-0.4, -0.2) is 88.6 Å². The molecule has 3 aliphatic rings. The van der Waals surface area contributed by atoms with Crippen LogP contribution in [0.3, 0.4) is 0 Å². The van der Waals surface area contributed by atoms with Crippen molar-refractivity contribution in [3.63, 3.8) is 0 Å². The second kappa shape index (κ2) is 8.64. The first-order chi connectivity index (χ1) is 13.5. The van der Waals surface area contributed by atoms with Gasteiger partial charge in [-0.2, -0.15) is 0 Å². The van der Waals surface area contributed by atoms with E-state index in [2.05, 4.69) is 59.7 Å². The van der Waals surface area contributed by atoms with E-state index in [9.17, 15) is 0 Å². The van der Waals surface area contributed by atoms with Gasteiger partial charge in [-0.3, -0.25) is 9.80 Å². The van der Waals surface area contributed by atoms with Gasteiger partial charge in [0.15, 0.2) is 0 Å². The number of hydrogen-bond acceptors (Lipinski definition) is 6. The SMILES string of the molecule is CC(C)CN1CCN(Cc2cnc(N3C4CCC3CN(C(C)C)C4)nc2)CC1. The van der Waals surface area contributed by atoms with Crippen molar-refractivity contribution < 1.29 is 0 Å². The molecular weight excluding hydrogens is 348 g/mol. The topological polar surface area (TPSA) is 38.7 Å². The van der Waals surface area contributed by atoms with Gasteiger partial charge in [-0.25, -0.2) is 9.97 Å². The van der Waals surface area contributed by atoms with Gasteiger partial charge < -0.3 is 9.80 Å². The van der Waals surface area contributed by atoms with Gasteiger partial charge in [0, 0.05) is 88.4 Å². The molecule has 0 spiro atoms. The summed E-state index contributed by atoms with van der Waals surface area (Å²) in [6.45, 7) is 18.4. The number of hydrogen-bond donors (Lipinski definition) is 0. The maximum Gasteiger partial charge on any atom is 0.225 e. The second-order valence-electron chi connectivity index (χ2n) is 9.70. The van der Waals surface area contributed by atoms with E-state index < -0.39 is 0 Å². The van der Waals surface area contributed by atoms with Crippen LogP contribution >= 0.6 is 0 Å². The quantitative estimate of drug-likeness (QED) is 0.747. The molecule has 0 radical (unpaired) electrons. The summed E-state index contributed by atoms with van der Waals surface area (Å²) in [7, 11) is 0. The van der Waals surface area contributed by atoms with Crippen LogP contribution in [0.4, 0.5) is 5.95 Å². The van der Waals surface area contributed by atoms with Crippen LogP contribution in [0.15, 0.2) is 12.4 Å². The second-order valence-corrected chi connectivity index (χ2v) is 9.70. The highest BCUT2D eigenvalue weighted by atomic mass is 15.4. The van der Waals surface area contributed by atoms with E-state index in [1.54, 1.807) is 0 Å². The Labute approximate surface area is 170 Å². The fraction of sp³-hybridized carbons (Fsp3) is 0.818. The summed E-state index contributed by atoms with van der Waals surface area (Å²) in [5, 5.41) is 0. The highest BCUT2D eigenvalue weighted by Gasteiger charge is 2.41. The number of anilines is 1. The Kier molecular flexibility index (Phi) is 6.18. The largest absolute Gasteiger partial charge is 0.332 e. The lowest BCUT2D eigenvalue weighted by Crippen LogP contribution is -2.56. The minimum Gasteiger partial charge on any atom is -0.332 e. The average Bonchev–Trinajstić information content (AvgIpc) is 2.92. The van der Waals surface area contributed by atoms with Crippen LogP contribution in [0, 0.1) is 5.92 Å². The van der Waals surface area contributed by atoms with Crippen LogP contribution in [0.1, 0.15) is 46.1 Å². The molecule has 2 unspecified atom stereocenters. The fourth-order valence-electron chi connectivity index (χ4n) is 5.15. The molecule has 0 amide bonds. The molecule has 2 bridgehead atoms. The fourth-order valence-corrected chi connectivity index (χ4v) is 5.15. The molecule has 0 saturated carbocycles. The number of fused-ring (bicyclic) bond motifs is 2. The summed E-state index contributed by atoms with van der Waals surface area (Å²) in [5.74, 6) is 1.70. The van der Waals surface area contributed by atoms with Crippen LogP contribution in [0.25, 0.3) is 0 Å². The van der Waals surface area contributed by atoms with E-state index >= 15 is 0 Å². The molecule has 0 aromatic carbocycles. The van der Waals surface area contributed by atoms with Gasteiger partial charge in [0.05, 0.1) is 0 Å². The molecule has 4 rings (SSSR count). The van der Waals surface area contributed by atoms with Crippen molar-refractivity contribution in [1.29, 1.82) is 0 Å². The summed E-state index contributed by atoms with van der Waals surface area (Å²) in [5.41, 5.74) is 1.24. The Morgan fingerprint density at radius 2 is 1.46 bits per heavy atom. The summed E-state index contributed by atoms with van der Waals surface area (Å²) < 4.78 is 0. The molecular formula is C22H38N6. The highest BCUT2D eigenvalue weighted by molar-refractivity contribution is 5.37. The summed E-state index contributed by atoms with van der Waals surface area (Å²) in [6, 6.07) is 1.80. The Morgan fingerprint density at radius 3 is 2.00 bits per heavy atom. The third-order valence-corrected chi connectivity index (χ3v) is 6.66. The minimum atomic E-state index is 0.584. The van der Waals surface area contributed by atoms with Crippen molar-refractivity contribution in [2.24, 2.45) is 5.92 Å². The molecule has 156 valence electrons. The lowest BCUT2D eigenvalue weighted by molar-refractivity contribution is 0.117. The van der Waals surface area contributed by atoms with Gasteiger partial charge in [0.1, 0.15) is 0 Å². The number of piperazine rings is 2. The maximum absolute atomic E-state index is 4.79. The molecule has 1 aromatic heterocycles. The van der Waals surface area contributed by atoms with Crippen molar-refractivity contribution in [3.8, 4) is 0 Å². The molecule has 3 fully saturated rings. The number of aromatic nitrogens is 2. The van der Waals surface area contributed by atoms with E-state index in [-0.39, 0.29) is 0 Å². The summed E-state index contributed by atoms with van der Waals surface area (Å²) in [4.78, 5) is 19.8. The lowest BCUT2D eigenvalue weighted by atomic mass is 10.1. The van der Waals surface area contributed by atoms with Gasteiger partial charge in [-0.05, 0) is 32.6 Å². The first-order valence-corrected chi connectivity index (χ1v) is 11.3. The first-order valence-electron chi connectivity index (χ1n) is 11.3. The van der Waals surface area contributed by atoms with E-state index in [1.807, 2.05) is 0 Å². The van der Waals surface area contributed by atoms with Crippen molar-refractivity contribution in [1.82, 2.24) is 24.7 Å². The third kappa shape index (κ3) is 4.50. The summed E-state index contributed by atoms with van der Waals surface area (Å²) in [6.07, 6.45) is 6.69. The van der Waals surface area contributed by atoms with Gasteiger partial charge >= 0.3 is 0 Å². The molecule has 1 aromatic rings. The number of rotatable bonds is 6. The molecule has 3 saturated heterocycles. The van der Waals surface area contributed by atoms with Gasteiger partial charge in [-0.15, -0.1) is 0 Å². The molecule has 0 aliphatic carbocycles. The van der Waals surface area contributed by atoms with Gasteiger partial charge in [0.25, 0.3) is 0 Å². The minimum absolute atomic E-state index is 0.584. The molecule has 2 atom stereocenters. The van der Waals surface area contributed by atoms with Crippen LogP contribution in [0.5, 0.6) is 0 Å². The van der Waals surface area contributed by atoms with Crippen molar-refractivity contribution >= 4 is 5.95 Å². The highest BCUT2D eigenvalue weighted by Crippen LogP contribution is 2.33. The predicted molar refractivity (Wildman–Crippen MR) is 115 cm³/mol. The Hall–Kier alpha value is -1.24. The Balaban J connectivity index is 1.32. The van der Waals surface area contributed by atoms with E-state index in [1.165, 1.54) is 38.0 Å². The maximum atomic E-state index is 4.79. The molecule has 6 nitrogen and oxygen atoms in total. The zero-order valence-corrected chi connectivity index (χ0v) is 18.2. The zero-order valence-electron chi connectivity index (χ0n) is 18.2. The number of likely N-dealkylation sites (tertiary alicyclic amines) is 1. The smallest absolute Gasteiger partial charge is 0.225 e. The molecule has 3 aliphatic heterocycles. The predicted octanol–water partition coefficient (Wildman–Crippen LogP) is 2.31. The monoisotopic (exact) mass is 386 g/mol.